The predicted octanol–water partition coefficient (Wildman–Crippen LogP) is 4.64. The van der Waals surface area contributed by atoms with E-state index < -0.39 is 10.1 Å². The molecule has 0 fully saturated rings. The fourth-order valence-corrected chi connectivity index (χ4v) is 2.34. The van der Waals surface area contributed by atoms with E-state index in [9.17, 15) is 8.42 Å². The Labute approximate surface area is 125 Å². The van der Waals surface area contributed by atoms with Gasteiger partial charge in [0.2, 0.25) is 0 Å². The Balaban J connectivity index is -0.00000112. The first kappa shape index (κ1) is 23.6. The molecule has 0 aromatic heterocycles. The van der Waals surface area contributed by atoms with Gasteiger partial charge in [0.05, 0.1) is 5.75 Å². The molecule has 0 rings (SSSR count). The highest BCUT2D eigenvalue weighted by atomic mass is 35.5. The summed E-state index contributed by atoms with van der Waals surface area (Å²) in [5.74, 6) is -0.0799. The van der Waals surface area contributed by atoms with E-state index in [2.05, 4.69) is 6.92 Å². The first-order valence-corrected chi connectivity index (χ1v) is 8.12. The molecule has 114 valence electrons. The van der Waals surface area contributed by atoms with Crippen LogP contribution in [0.5, 0.6) is 0 Å². The molecule has 0 unspecified atom stereocenters. The van der Waals surface area contributed by atoms with Crippen molar-refractivity contribution in [3.8, 4) is 0 Å². The second-order valence-corrected chi connectivity index (χ2v) is 6.04. The molecule has 18 heavy (non-hydrogen) atoms. The highest BCUT2D eigenvalue weighted by Crippen LogP contribution is 2.10. The van der Waals surface area contributed by atoms with Crippen LogP contribution in [0.4, 0.5) is 0 Å². The smallest absolute Gasteiger partial charge is 0.264 e. The van der Waals surface area contributed by atoms with Crippen LogP contribution in [0.15, 0.2) is 0 Å². The molecule has 0 spiro atoms. The van der Waals surface area contributed by atoms with Gasteiger partial charge in [0, 0.05) is 0 Å². The summed E-state index contributed by atoms with van der Waals surface area (Å²) >= 11 is 0. The lowest BCUT2D eigenvalue weighted by Crippen LogP contribution is -2.03. The van der Waals surface area contributed by atoms with Crippen LogP contribution in [-0.4, -0.2) is 18.7 Å². The minimum absolute atomic E-state index is 0. The monoisotopic (exact) mass is 322 g/mol. The molecule has 0 saturated carbocycles. The number of halogens is 2. The van der Waals surface area contributed by atoms with E-state index in [4.69, 9.17) is 4.55 Å². The zero-order valence-corrected chi connectivity index (χ0v) is 13.7. The third-order valence-corrected chi connectivity index (χ3v) is 3.56. The Bertz CT molecular complexity index is 244. The van der Waals surface area contributed by atoms with Crippen LogP contribution in [0.1, 0.15) is 71.1 Å². The molecule has 0 aliphatic carbocycles. The average molecular weight is 323 g/mol. The van der Waals surface area contributed by atoms with Crippen LogP contribution in [0.3, 0.4) is 0 Å². The van der Waals surface area contributed by atoms with Crippen LogP contribution in [-0.2, 0) is 10.1 Å². The summed E-state index contributed by atoms with van der Waals surface area (Å²) in [6, 6.07) is 0. The second kappa shape index (κ2) is 15.5. The predicted molar refractivity (Wildman–Crippen MR) is 82.8 cm³/mol. The molecule has 0 bridgehead atoms. The topological polar surface area (TPSA) is 54.4 Å². The first-order valence-electron chi connectivity index (χ1n) is 6.51. The van der Waals surface area contributed by atoms with E-state index in [0.29, 0.717) is 6.42 Å². The highest BCUT2D eigenvalue weighted by Gasteiger charge is 2.02. The van der Waals surface area contributed by atoms with Gasteiger partial charge in [-0.15, -0.1) is 24.8 Å². The lowest BCUT2D eigenvalue weighted by molar-refractivity contribution is 0.478. The molecule has 0 aromatic rings. The van der Waals surface area contributed by atoms with Crippen molar-refractivity contribution >= 4 is 34.9 Å². The van der Waals surface area contributed by atoms with E-state index in [1.165, 1.54) is 44.9 Å². The molecular weight excluding hydrogens is 295 g/mol. The number of hydrogen-bond acceptors (Lipinski definition) is 2. The third-order valence-electron chi connectivity index (χ3n) is 2.76. The summed E-state index contributed by atoms with van der Waals surface area (Å²) in [7, 11) is -3.73. The van der Waals surface area contributed by atoms with Gasteiger partial charge >= 0.3 is 0 Å². The van der Waals surface area contributed by atoms with Gasteiger partial charge in [-0.25, -0.2) is 0 Å². The summed E-state index contributed by atoms with van der Waals surface area (Å²) < 4.78 is 29.4. The lowest BCUT2D eigenvalue weighted by Gasteiger charge is -2.01. The first-order chi connectivity index (χ1) is 7.56. The largest absolute Gasteiger partial charge is 0.286 e. The molecule has 0 aliphatic rings. The van der Waals surface area contributed by atoms with Gasteiger partial charge in [-0.05, 0) is 6.42 Å². The normalized spacial score (nSPS) is 10.6. The Hall–Kier alpha value is 0.490. The van der Waals surface area contributed by atoms with Gasteiger partial charge in [0.1, 0.15) is 0 Å². The van der Waals surface area contributed by atoms with Crippen LogP contribution in [0.2, 0.25) is 0 Å². The van der Waals surface area contributed by atoms with Crippen molar-refractivity contribution in [3.05, 3.63) is 0 Å². The molecule has 0 atom stereocenters. The van der Waals surface area contributed by atoms with Gasteiger partial charge in [0.25, 0.3) is 10.1 Å². The second-order valence-electron chi connectivity index (χ2n) is 4.47. The van der Waals surface area contributed by atoms with E-state index in [1.807, 2.05) is 0 Å². The molecule has 1 N–H and O–H groups in total. The summed E-state index contributed by atoms with van der Waals surface area (Å²) in [5, 5.41) is 0. The SMILES string of the molecule is CCCCCCCCCCCCS(=O)(=O)O.Cl.Cl. The fraction of sp³-hybridized carbons (Fsp3) is 1.00. The van der Waals surface area contributed by atoms with Crippen LogP contribution < -0.4 is 0 Å². The van der Waals surface area contributed by atoms with Crippen molar-refractivity contribution in [2.45, 2.75) is 71.1 Å². The molecule has 0 aliphatic heterocycles. The molecule has 0 amide bonds. The van der Waals surface area contributed by atoms with Gasteiger partial charge in [-0.3, -0.25) is 4.55 Å². The Morgan fingerprint density at radius 1 is 0.722 bits per heavy atom. The van der Waals surface area contributed by atoms with Crippen LogP contribution >= 0.6 is 24.8 Å². The molecule has 0 saturated heterocycles. The minimum atomic E-state index is -3.73. The molecule has 0 aromatic carbocycles. The van der Waals surface area contributed by atoms with Crippen molar-refractivity contribution in [1.29, 1.82) is 0 Å². The van der Waals surface area contributed by atoms with Crippen molar-refractivity contribution in [2.24, 2.45) is 0 Å². The maximum Gasteiger partial charge on any atom is 0.264 e. The van der Waals surface area contributed by atoms with Gasteiger partial charge < -0.3 is 0 Å². The molecule has 6 heteroatoms. The van der Waals surface area contributed by atoms with Crippen LogP contribution in [0.25, 0.3) is 0 Å². The van der Waals surface area contributed by atoms with Crippen molar-refractivity contribution < 1.29 is 13.0 Å². The van der Waals surface area contributed by atoms with Crippen molar-refractivity contribution in [1.82, 2.24) is 0 Å². The van der Waals surface area contributed by atoms with Gasteiger partial charge in [0.15, 0.2) is 0 Å². The van der Waals surface area contributed by atoms with Crippen molar-refractivity contribution in [2.75, 3.05) is 5.75 Å². The minimum Gasteiger partial charge on any atom is -0.286 e. The number of hydrogen-bond donors (Lipinski definition) is 1. The zero-order chi connectivity index (χ0) is 12.3. The highest BCUT2D eigenvalue weighted by molar-refractivity contribution is 7.85. The van der Waals surface area contributed by atoms with Crippen molar-refractivity contribution in [3.63, 3.8) is 0 Å². The van der Waals surface area contributed by atoms with E-state index in [-0.39, 0.29) is 30.6 Å². The molecular formula is C12H28Cl2O3S. The lowest BCUT2D eigenvalue weighted by atomic mass is 10.1. The molecule has 3 nitrogen and oxygen atoms in total. The summed E-state index contributed by atoms with van der Waals surface area (Å²) in [5.41, 5.74) is 0. The Morgan fingerprint density at radius 2 is 1.06 bits per heavy atom. The molecule has 0 heterocycles. The molecule has 0 radical (unpaired) electrons. The van der Waals surface area contributed by atoms with E-state index in [1.54, 1.807) is 0 Å². The van der Waals surface area contributed by atoms with Gasteiger partial charge in [-0.1, -0.05) is 64.7 Å². The van der Waals surface area contributed by atoms with Gasteiger partial charge in [-0.2, -0.15) is 8.42 Å². The maximum atomic E-state index is 10.4. The van der Waals surface area contributed by atoms with E-state index >= 15 is 0 Å². The fourth-order valence-electron chi connectivity index (χ4n) is 1.77. The quantitative estimate of drug-likeness (QED) is 0.445. The zero-order valence-electron chi connectivity index (χ0n) is 11.3. The van der Waals surface area contributed by atoms with Crippen LogP contribution in [0, 0.1) is 0 Å². The standard InChI is InChI=1S/C12H26O3S.2ClH/c1-2-3-4-5-6-7-8-9-10-11-12-16(13,14)15;;/h2-12H2,1H3,(H,13,14,15);2*1H. The summed E-state index contributed by atoms with van der Waals surface area (Å²) in [4.78, 5) is 0. The summed E-state index contributed by atoms with van der Waals surface area (Å²) in [6.07, 6.45) is 11.7. The average Bonchev–Trinajstić information content (AvgIpc) is 2.19. The Morgan fingerprint density at radius 3 is 1.39 bits per heavy atom. The Kier molecular flexibility index (Phi) is 20.4. The third kappa shape index (κ3) is 21.7. The summed E-state index contributed by atoms with van der Waals surface area (Å²) in [6.45, 7) is 2.22. The van der Waals surface area contributed by atoms with E-state index in [0.717, 1.165) is 12.8 Å². The number of unbranched alkanes of at least 4 members (excludes halogenated alkanes) is 9. The number of rotatable bonds is 11. The maximum absolute atomic E-state index is 10.4.